The quantitative estimate of drug-likeness (QED) is 0.502. The first kappa shape index (κ1) is 21.1. The molecule has 25 heavy (non-hydrogen) atoms. The van der Waals surface area contributed by atoms with Gasteiger partial charge >= 0.3 is 0 Å². The van der Waals surface area contributed by atoms with Crippen LogP contribution in [0.5, 0.6) is 0 Å². The van der Waals surface area contributed by atoms with Crippen LogP contribution in [0.4, 0.5) is 0 Å². The predicted octanol–water partition coefficient (Wildman–Crippen LogP) is 4.13. The Kier molecular flexibility index (Phi) is 9.14. The fraction of sp³-hybridized carbons (Fsp3) is 1.00. The number of hydrogen-bond acceptors (Lipinski definition) is 5. The second kappa shape index (κ2) is 10.8. The normalized spacial score (nSPS) is 30.7. The Morgan fingerprint density at radius 1 is 0.840 bits per heavy atom. The van der Waals surface area contributed by atoms with Gasteiger partial charge < -0.3 is 24.7 Å². The monoisotopic (exact) mass is 357 g/mol. The van der Waals surface area contributed by atoms with Crippen LogP contribution in [0.15, 0.2) is 0 Å². The van der Waals surface area contributed by atoms with Crippen molar-refractivity contribution >= 4 is 0 Å². The molecule has 0 unspecified atom stereocenters. The number of nitrogens with two attached hydrogens (primary N) is 1. The summed E-state index contributed by atoms with van der Waals surface area (Å²) < 4.78 is 23.6. The highest BCUT2D eigenvalue weighted by molar-refractivity contribution is 4.95. The molecular weight excluding hydrogens is 318 g/mol. The van der Waals surface area contributed by atoms with Gasteiger partial charge in [0.1, 0.15) is 18.3 Å². The number of rotatable bonds is 13. The summed E-state index contributed by atoms with van der Waals surface area (Å²) in [6.45, 7) is 7.27. The maximum atomic E-state index is 5.94. The van der Waals surface area contributed by atoms with Crippen molar-refractivity contribution in [2.24, 2.45) is 5.73 Å². The van der Waals surface area contributed by atoms with Gasteiger partial charge in [-0.3, -0.25) is 0 Å². The van der Waals surface area contributed by atoms with Gasteiger partial charge in [-0.15, -0.1) is 0 Å². The Balaban J connectivity index is 1.51. The molecule has 0 radical (unpaired) electrons. The van der Waals surface area contributed by atoms with Gasteiger partial charge in [-0.1, -0.05) is 64.7 Å². The fourth-order valence-corrected chi connectivity index (χ4v) is 3.76. The lowest BCUT2D eigenvalue weighted by Crippen LogP contribution is -2.34. The van der Waals surface area contributed by atoms with Gasteiger partial charge in [0.2, 0.25) is 0 Å². The van der Waals surface area contributed by atoms with Crippen LogP contribution in [0.25, 0.3) is 0 Å². The highest BCUT2D eigenvalue weighted by atomic mass is 16.8. The molecule has 2 fully saturated rings. The Bertz CT molecular complexity index is 364. The van der Waals surface area contributed by atoms with Crippen LogP contribution >= 0.6 is 0 Å². The minimum atomic E-state index is -0.578. The maximum absolute atomic E-state index is 5.94. The van der Waals surface area contributed by atoms with Crippen LogP contribution in [0.1, 0.15) is 85.0 Å². The van der Waals surface area contributed by atoms with Crippen molar-refractivity contribution in [3.63, 3.8) is 0 Å². The highest BCUT2D eigenvalue weighted by Crippen LogP contribution is 2.38. The standard InChI is InChI=1S/C20H39NO4/c1-4-5-6-7-8-9-10-11-12-13-14-22-19-18-17(16(15-21)23-19)24-20(2,3)25-18/h16-19H,4-15,21H2,1-3H3/t16-,17-,18-,19-/m1/s1. The lowest BCUT2D eigenvalue weighted by atomic mass is 10.1. The SMILES string of the molecule is CCCCCCCCCCCCO[C@@H]1O[C@H](CN)[C@H]2OC(C)(C)O[C@@H]12. The molecule has 0 aromatic heterocycles. The molecule has 0 aromatic carbocycles. The topological polar surface area (TPSA) is 62.9 Å². The van der Waals surface area contributed by atoms with Crippen LogP contribution in [0.2, 0.25) is 0 Å². The summed E-state index contributed by atoms with van der Waals surface area (Å²) in [6, 6.07) is 0. The van der Waals surface area contributed by atoms with E-state index in [2.05, 4.69) is 6.92 Å². The second-order valence-corrected chi connectivity index (χ2v) is 7.90. The molecule has 5 nitrogen and oxygen atoms in total. The minimum absolute atomic E-state index is 0.113. The molecule has 0 spiro atoms. The van der Waals surface area contributed by atoms with Crippen molar-refractivity contribution in [2.45, 2.75) is 115 Å². The lowest BCUT2D eigenvalue weighted by Gasteiger charge is -2.23. The Morgan fingerprint density at radius 3 is 2.00 bits per heavy atom. The third-order valence-electron chi connectivity index (χ3n) is 5.12. The number of unbranched alkanes of at least 4 members (excludes halogenated alkanes) is 9. The number of hydrogen-bond donors (Lipinski definition) is 1. The van der Waals surface area contributed by atoms with E-state index in [0.29, 0.717) is 13.2 Å². The van der Waals surface area contributed by atoms with Gasteiger partial charge in [-0.25, -0.2) is 0 Å². The third kappa shape index (κ3) is 6.79. The van der Waals surface area contributed by atoms with Crippen LogP contribution in [0, 0.1) is 0 Å². The first-order chi connectivity index (χ1) is 12.1. The van der Waals surface area contributed by atoms with E-state index in [-0.39, 0.29) is 24.6 Å². The minimum Gasteiger partial charge on any atom is -0.350 e. The summed E-state index contributed by atoms with van der Waals surface area (Å²) >= 11 is 0. The second-order valence-electron chi connectivity index (χ2n) is 7.90. The summed E-state index contributed by atoms with van der Waals surface area (Å²) in [4.78, 5) is 0. The van der Waals surface area contributed by atoms with E-state index >= 15 is 0 Å². The molecule has 0 bridgehead atoms. The average molecular weight is 358 g/mol. The molecule has 5 heteroatoms. The Hall–Kier alpha value is -0.200. The van der Waals surface area contributed by atoms with Crippen LogP contribution < -0.4 is 5.73 Å². The van der Waals surface area contributed by atoms with E-state index in [1.807, 2.05) is 13.8 Å². The van der Waals surface area contributed by atoms with Crippen LogP contribution in [-0.4, -0.2) is 43.5 Å². The number of ether oxygens (including phenoxy) is 4. The molecule has 2 aliphatic rings. The molecule has 0 aromatic rings. The zero-order valence-electron chi connectivity index (χ0n) is 16.5. The first-order valence-corrected chi connectivity index (χ1v) is 10.4. The summed E-state index contributed by atoms with van der Waals surface area (Å²) in [5.74, 6) is -0.578. The maximum Gasteiger partial charge on any atom is 0.187 e. The molecule has 0 saturated carbocycles. The van der Waals surface area contributed by atoms with Gasteiger partial charge in [0.15, 0.2) is 12.1 Å². The van der Waals surface area contributed by atoms with Crippen LogP contribution in [0.3, 0.4) is 0 Å². The van der Waals surface area contributed by atoms with Crippen molar-refractivity contribution < 1.29 is 18.9 Å². The smallest absolute Gasteiger partial charge is 0.187 e. The molecule has 2 saturated heterocycles. The lowest BCUT2D eigenvalue weighted by molar-refractivity contribution is -0.232. The molecule has 2 rings (SSSR count). The van der Waals surface area contributed by atoms with Crippen molar-refractivity contribution in [3.05, 3.63) is 0 Å². The average Bonchev–Trinajstić information content (AvgIpc) is 3.06. The Labute approximate surface area is 153 Å². The number of fused-ring (bicyclic) bond motifs is 1. The fourth-order valence-electron chi connectivity index (χ4n) is 3.76. The molecule has 148 valence electrons. The van der Waals surface area contributed by atoms with E-state index in [4.69, 9.17) is 24.7 Å². The van der Waals surface area contributed by atoms with Gasteiger partial charge in [0.05, 0.1) is 0 Å². The van der Waals surface area contributed by atoms with E-state index in [1.165, 1.54) is 57.8 Å². The molecule has 0 aliphatic carbocycles. The third-order valence-corrected chi connectivity index (χ3v) is 5.12. The molecule has 2 heterocycles. The summed E-state index contributed by atoms with van der Waals surface area (Å²) in [7, 11) is 0. The Morgan fingerprint density at radius 2 is 1.40 bits per heavy atom. The summed E-state index contributed by atoms with van der Waals surface area (Å²) in [5, 5.41) is 0. The molecule has 2 N–H and O–H groups in total. The van der Waals surface area contributed by atoms with Gasteiger partial charge in [0.25, 0.3) is 0 Å². The van der Waals surface area contributed by atoms with Gasteiger partial charge in [-0.2, -0.15) is 0 Å². The predicted molar refractivity (Wildman–Crippen MR) is 99.3 cm³/mol. The van der Waals surface area contributed by atoms with Crippen LogP contribution in [-0.2, 0) is 18.9 Å². The van der Waals surface area contributed by atoms with E-state index in [0.717, 1.165) is 6.42 Å². The van der Waals surface area contributed by atoms with Gasteiger partial charge in [0, 0.05) is 13.2 Å². The van der Waals surface area contributed by atoms with E-state index < -0.39 is 5.79 Å². The summed E-state index contributed by atoms with van der Waals surface area (Å²) in [5.41, 5.74) is 5.79. The molecule has 2 aliphatic heterocycles. The molecule has 0 amide bonds. The molecule has 4 atom stereocenters. The van der Waals surface area contributed by atoms with Crippen molar-refractivity contribution in [3.8, 4) is 0 Å². The zero-order valence-corrected chi connectivity index (χ0v) is 16.5. The largest absolute Gasteiger partial charge is 0.350 e. The van der Waals surface area contributed by atoms with Crippen molar-refractivity contribution in [1.82, 2.24) is 0 Å². The van der Waals surface area contributed by atoms with Crippen molar-refractivity contribution in [1.29, 1.82) is 0 Å². The first-order valence-electron chi connectivity index (χ1n) is 10.4. The van der Waals surface area contributed by atoms with Crippen molar-refractivity contribution in [2.75, 3.05) is 13.2 Å². The van der Waals surface area contributed by atoms with Gasteiger partial charge in [-0.05, 0) is 20.3 Å². The van der Waals surface area contributed by atoms with E-state index in [9.17, 15) is 0 Å². The summed E-state index contributed by atoms with van der Waals surface area (Å²) in [6.07, 6.45) is 12.5. The highest BCUT2D eigenvalue weighted by Gasteiger charge is 2.55. The zero-order chi connectivity index (χ0) is 18.1. The molecular formula is C20H39NO4. The van der Waals surface area contributed by atoms with E-state index in [1.54, 1.807) is 0 Å².